The van der Waals surface area contributed by atoms with Gasteiger partial charge in [-0.05, 0) is 37.1 Å². The van der Waals surface area contributed by atoms with E-state index in [2.05, 4.69) is 24.1 Å². The Morgan fingerprint density at radius 1 is 1.36 bits per heavy atom. The van der Waals surface area contributed by atoms with Gasteiger partial charge in [0.1, 0.15) is 6.10 Å². The average Bonchev–Trinajstić information content (AvgIpc) is 2.95. The van der Waals surface area contributed by atoms with Crippen LogP contribution in [0.2, 0.25) is 0 Å². The van der Waals surface area contributed by atoms with Crippen molar-refractivity contribution in [3.63, 3.8) is 0 Å². The van der Waals surface area contributed by atoms with Crippen molar-refractivity contribution in [1.82, 2.24) is 9.91 Å². The Kier molecular flexibility index (Phi) is 3.85. The van der Waals surface area contributed by atoms with Gasteiger partial charge in [0, 0.05) is 36.6 Å². The van der Waals surface area contributed by atoms with E-state index in [-0.39, 0.29) is 12.2 Å². The number of piperidine rings is 1. The van der Waals surface area contributed by atoms with Crippen molar-refractivity contribution in [1.29, 1.82) is 0 Å². The van der Waals surface area contributed by atoms with E-state index in [0.29, 0.717) is 18.5 Å². The lowest BCUT2D eigenvalue weighted by molar-refractivity contribution is 0.122. The Bertz CT molecular complexity index is 691. The van der Waals surface area contributed by atoms with E-state index in [0.717, 1.165) is 18.2 Å². The maximum absolute atomic E-state index is 12.2. The number of cyclic esters (lactones) is 1. The highest BCUT2D eigenvalue weighted by Crippen LogP contribution is 2.58. The van der Waals surface area contributed by atoms with Crippen LogP contribution in [0, 0.1) is 5.92 Å². The third kappa shape index (κ3) is 2.83. The number of nitrogens with zero attached hydrogens (tertiary/aromatic N) is 3. The first-order valence-corrected chi connectivity index (χ1v) is 8.69. The molecule has 7 nitrogen and oxygen atoms in total. The molecular formula is C18H25N5O2. The highest BCUT2D eigenvalue weighted by Gasteiger charge is 2.59. The van der Waals surface area contributed by atoms with Crippen LogP contribution in [0.15, 0.2) is 36.7 Å². The minimum absolute atomic E-state index is 0.275. The molecule has 0 bridgehead atoms. The van der Waals surface area contributed by atoms with E-state index in [1.807, 2.05) is 12.1 Å². The lowest BCUT2D eigenvalue weighted by Crippen LogP contribution is -2.36. The van der Waals surface area contributed by atoms with Gasteiger partial charge in [-0.15, -0.1) is 0 Å². The maximum atomic E-state index is 12.2. The third-order valence-electron chi connectivity index (χ3n) is 5.64. The fourth-order valence-corrected chi connectivity index (χ4v) is 4.39. The van der Waals surface area contributed by atoms with Crippen molar-refractivity contribution in [2.45, 2.75) is 17.9 Å². The molecule has 0 radical (unpaired) electrons. The van der Waals surface area contributed by atoms with E-state index >= 15 is 0 Å². The van der Waals surface area contributed by atoms with Gasteiger partial charge in [0.05, 0.1) is 13.1 Å². The highest BCUT2D eigenvalue weighted by atomic mass is 16.6. The molecule has 4 rings (SSSR count). The van der Waals surface area contributed by atoms with Gasteiger partial charge in [0.25, 0.3) is 0 Å². The van der Waals surface area contributed by atoms with Crippen LogP contribution in [0.25, 0.3) is 0 Å². The molecule has 3 unspecified atom stereocenters. The van der Waals surface area contributed by atoms with Gasteiger partial charge in [0.2, 0.25) is 0 Å². The fourth-order valence-electron chi connectivity index (χ4n) is 4.39. The van der Waals surface area contributed by atoms with Crippen LogP contribution in [-0.4, -0.2) is 55.3 Å². The molecule has 134 valence electrons. The van der Waals surface area contributed by atoms with E-state index in [1.165, 1.54) is 29.7 Å². The molecule has 3 fully saturated rings. The Morgan fingerprint density at radius 2 is 2.12 bits per heavy atom. The molecular weight excluding hydrogens is 318 g/mol. The maximum Gasteiger partial charge on any atom is 0.414 e. The van der Waals surface area contributed by atoms with Gasteiger partial charge in [0.15, 0.2) is 0 Å². The number of carbonyl (C=O) groups excluding carboxylic acids is 1. The summed E-state index contributed by atoms with van der Waals surface area (Å²) in [5.74, 6) is 6.55. The van der Waals surface area contributed by atoms with Crippen LogP contribution in [0.3, 0.4) is 0 Å². The molecule has 1 amide bonds. The van der Waals surface area contributed by atoms with E-state index in [4.69, 9.17) is 16.3 Å². The van der Waals surface area contributed by atoms with Crippen LogP contribution in [-0.2, 0) is 10.2 Å². The lowest BCUT2D eigenvalue weighted by Gasteiger charge is -2.19. The highest BCUT2D eigenvalue weighted by molar-refractivity contribution is 5.89. The summed E-state index contributed by atoms with van der Waals surface area (Å²) in [5, 5.41) is 1.42. The molecule has 0 spiro atoms. The Morgan fingerprint density at radius 3 is 2.76 bits per heavy atom. The monoisotopic (exact) mass is 343 g/mol. The number of hydrogen-bond acceptors (Lipinski definition) is 6. The topological polar surface area (TPSA) is 88.1 Å². The zero-order valence-corrected chi connectivity index (χ0v) is 14.5. The molecule has 3 atom stereocenters. The first-order valence-electron chi connectivity index (χ1n) is 8.69. The van der Waals surface area contributed by atoms with Crippen molar-refractivity contribution in [2.75, 3.05) is 38.1 Å². The number of amides is 1. The van der Waals surface area contributed by atoms with E-state index < -0.39 is 0 Å². The van der Waals surface area contributed by atoms with Crippen molar-refractivity contribution in [3.8, 4) is 0 Å². The zero-order valence-electron chi connectivity index (χ0n) is 14.5. The van der Waals surface area contributed by atoms with Crippen molar-refractivity contribution >= 4 is 11.8 Å². The number of hydrogen-bond donors (Lipinski definition) is 2. The number of likely N-dealkylation sites (N-methyl/N-ethyl adjacent to an activating group) is 1. The number of fused-ring (bicyclic) bond motifs is 1. The molecule has 4 N–H and O–H groups in total. The van der Waals surface area contributed by atoms with Crippen LogP contribution >= 0.6 is 0 Å². The summed E-state index contributed by atoms with van der Waals surface area (Å²) < 4.78 is 5.40. The molecule has 25 heavy (non-hydrogen) atoms. The van der Waals surface area contributed by atoms with Crippen LogP contribution in [0.1, 0.15) is 12.0 Å². The molecule has 3 aliphatic rings. The summed E-state index contributed by atoms with van der Waals surface area (Å²) in [4.78, 5) is 16.2. The number of likely N-dealkylation sites (tertiary alicyclic amines) is 1. The molecule has 1 aliphatic carbocycles. The van der Waals surface area contributed by atoms with Gasteiger partial charge in [-0.1, -0.05) is 12.1 Å². The van der Waals surface area contributed by atoms with Gasteiger partial charge >= 0.3 is 6.09 Å². The summed E-state index contributed by atoms with van der Waals surface area (Å²) >= 11 is 0. The summed E-state index contributed by atoms with van der Waals surface area (Å²) in [6, 6.07) is 8.39. The number of hydrazine groups is 1. The van der Waals surface area contributed by atoms with Crippen LogP contribution in [0.5, 0.6) is 0 Å². The minimum atomic E-state index is -0.328. The largest absolute Gasteiger partial charge is 0.442 e. The van der Waals surface area contributed by atoms with E-state index in [9.17, 15) is 4.79 Å². The summed E-state index contributed by atoms with van der Waals surface area (Å²) in [5.41, 5.74) is 7.91. The molecule has 1 saturated carbocycles. The SMILES string of the molecule is CN1CC2CC2(c2ccc(N3CC(CN(N)/C=C\N)OC3=O)cc2)C1. The summed E-state index contributed by atoms with van der Waals surface area (Å²) in [7, 11) is 2.18. The molecule has 1 aromatic carbocycles. The summed E-state index contributed by atoms with van der Waals surface area (Å²) in [6.45, 7) is 3.21. The Balaban J connectivity index is 1.43. The van der Waals surface area contributed by atoms with Gasteiger partial charge < -0.3 is 20.4 Å². The van der Waals surface area contributed by atoms with Crippen LogP contribution < -0.4 is 16.5 Å². The number of benzene rings is 1. The van der Waals surface area contributed by atoms with Crippen molar-refractivity contribution in [3.05, 3.63) is 42.2 Å². The molecule has 1 aromatic rings. The Labute approximate surface area is 147 Å². The number of anilines is 1. The second kappa shape index (κ2) is 5.93. The smallest absolute Gasteiger partial charge is 0.414 e. The minimum Gasteiger partial charge on any atom is -0.442 e. The quantitative estimate of drug-likeness (QED) is 0.608. The van der Waals surface area contributed by atoms with Crippen molar-refractivity contribution in [2.24, 2.45) is 17.5 Å². The lowest BCUT2D eigenvalue weighted by atomic mass is 9.95. The predicted octanol–water partition coefficient (Wildman–Crippen LogP) is 0.821. The number of carbonyl (C=O) groups is 1. The van der Waals surface area contributed by atoms with Crippen molar-refractivity contribution < 1.29 is 9.53 Å². The second-order valence-corrected chi connectivity index (χ2v) is 7.46. The second-order valence-electron chi connectivity index (χ2n) is 7.46. The fraction of sp³-hybridized carbons (Fsp3) is 0.500. The molecule has 7 heteroatoms. The normalized spacial score (nSPS) is 31.4. The summed E-state index contributed by atoms with van der Waals surface area (Å²) in [6.07, 6.45) is 3.59. The number of rotatable bonds is 5. The predicted molar refractivity (Wildman–Crippen MR) is 95.6 cm³/mol. The van der Waals surface area contributed by atoms with E-state index in [1.54, 1.807) is 11.1 Å². The Hall–Kier alpha value is -2.25. The molecule has 2 saturated heterocycles. The number of nitrogens with two attached hydrogens (primary N) is 2. The van der Waals surface area contributed by atoms with Gasteiger partial charge in [-0.2, -0.15) is 0 Å². The zero-order chi connectivity index (χ0) is 17.6. The third-order valence-corrected chi connectivity index (χ3v) is 5.64. The first-order chi connectivity index (χ1) is 12.0. The standard InChI is InChI=1S/C18H25N5O2/c1-21-9-14-8-18(14,12-21)13-2-4-15(5-3-13)23-11-16(25-17(23)24)10-22(20)7-6-19/h2-7,14,16H,8-12,19-20H2,1H3/b7-6-. The number of ether oxygens (including phenoxy) is 1. The molecule has 0 aromatic heterocycles. The van der Waals surface area contributed by atoms with Gasteiger partial charge in [-0.3, -0.25) is 4.90 Å². The molecule has 2 heterocycles. The van der Waals surface area contributed by atoms with Crippen LogP contribution in [0.4, 0.5) is 10.5 Å². The average molecular weight is 343 g/mol. The first kappa shape index (κ1) is 16.2. The van der Waals surface area contributed by atoms with Gasteiger partial charge in [-0.25, -0.2) is 10.6 Å². The molecule has 2 aliphatic heterocycles.